The van der Waals surface area contributed by atoms with Crippen LogP contribution in [0, 0.1) is 13.8 Å². The molecule has 1 aromatic carbocycles. The highest BCUT2D eigenvalue weighted by Crippen LogP contribution is 2.19. The zero-order valence-electron chi connectivity index (χ0n) is 14.0. The molecule has 0 spiro atoms. The fourth-order valence-electron chi connectivity index (χ4n) is 2.12. The maximum Gasteiger partial charge on any atom is 0.251 e. The zero-order chi connectivity index (χ0) is 17.5. The van der Waals surface area contributed by atoms with Crippen LogP contribution in [-0.4, -0.2) is 29.8 Å². The first-order valence-electron chi connectivity index (χ1n) is 7.58. The van der Waals surface area contributed by atoms with Gasteiger partial charge in [-0.25, -0.2) is 0 Å². The Morgan fingerprint density at radius 2 is 1.92 bits per heavy atom. The van der Waals surface area contributed by atoms with Crippen LogP contribution in [0.25, 0.3) is 0 Å². The lowest BCUT2D eigenvalue weighted by molar-refractivity contribution is -0.118. The molecule has 0 atom stereocenters. The molecule has 0 aliphatic heterocycles. The predicted molar refractivity (Wildman–Crippen MR) is 93.8 cm³/mol. The van der Waals surface area contributed by atoms with E-state index in [-0.39, 0.29) is 11.8 Å². The fourth-order valence-corrected chi connectivity index (χ4v) is 3.13. The first kappa shape index (κ1) is 18.1. The summed E-state index contributed by atoms with van der Waals surface area (Å²) < 4.78 is 5.10. The van der Waals surface area contributed by atoms with Gasteiger partial charge < -0.3 is 15.2 Å². The van der Waals surface area contributed by atoms with E-state index in [4.69, 9.17) is 4.52 Å². The standard InChI is InChI=1S/C17H21N3O3S/c1-11-15(12(2)23-20-11)9-24-10-16(21)19-8-13-4-6-14(7-5-13)17(22)18-3/h4-7H,8-10H2,1-3H3,(H,18,22)(H,19,21). The van der Waals surface area contributed by atoms with Crippen molar-refractivity contribution < 1.29 is 14.1 Å². The molecule has 0 saturated carbocycles. The first-order valence-corrected chi connectivity index (χ1v) is 8.74. The average molecular weight is 347 g/mol. The van der Waals surface area contributed by atoms with Crippen LogP contribution in [0.15, 0.2) is 28.8 Å². The number of aryl methyl sites for hydroxylation is 2. The van der Waals surface area contributed by atoms with Crippen LogP contribution in [0.4, 0.5) is 0 Å². The summed E-state index contributed by atoms with van der Waals surface area (Å²) >= 11 is 1.53. The van der Waals surface area contributed by atoms with E-state index >= 15 is 0 Å². The second kappa shape index (κ2) is 8.54. The Morgan fingerprint density at radius 1 is 1.21 bits per heavy atom. The number of rotatable bonds is 7. The number of hydrogen-bond donors (Lipinski definition) is 2. The highest BCUT2D eigenvalue weighted by molar-refractivity contribution is 7.99. The van der Waals surface area contributed by atoms with Crippen LogP contribution < -0.4 is 10.6 Å². The molecule has 2 rings (SSSR count). The lowest BCUT2D eigenvalue weighted by Crippen LogP contribution is -2.24. The van der Waals surface area contributed by atoms with Gasteiger partial charge in [0.15, 0.2) is 0 Å². The largest absolute Gasteiger partial charge is 0.361 e. The molecule has 1 aromatic heterocycles. The van der Waals surface area contributed by atoms with Crippen molar-refractivity contribution in [3.8, 4) is 0 Å². The van der Waals surface area contributed by atoms with E-state index in [0.29, 0.717) is 23.6 Å². The molecule has 1 heterocycles. The molecule has 2 aromatic rings. The molecule has 0 aliphatic rings. The Kier molecular flexibility index (Phi) is 6.43. The Labute approximate surface area is 145 Å². The van der Waals surface area contributed by atoms with Gasteiger partial charge in [-0.15, -0.1) is 11.8 Å². The number of nitrogens with one attached hydrogen (secondary N) is 2. The van der Waals surface area contributed by atoms with Crippen molar-refractivity contribution in [1.82, 2.24) is 15.8 Å². The molecule has 0 fully saturated rings. The monoisotopic (exact) mass is 347 g/mol. The second-order valence-corrected chi connectivity index (χ2v) is 6.33. The van der Waals surface area contributed by atoms with Gasteiger partial charge in [-0.1, -0.05) is 17.3 Å². The number of aromatic nitrogens is 1. The van der Waals surface area contributed by atoms with E-state index in [1.807, 2.05) is 26.0 Å². The first-order chi connectivity index (χ1) is 11.5. The van der Waals surface area contributed by atoms with E-state index in [9.17, 15) is 9.59 Å². The summed E-state index contributed by atoms with van der Waals surface area (Å²) in [5.41, 5.74) is 3.48. The molecule has 2 N–H and O–H groups in total. The van der Waals surface area contributed by atoms with Gasteiger partial charge in [-0.05, 0) is 31.5 Å². The molecule has 7 heteroatoms. The van der Waals surface area contributed by atoms with E-state index in [1.54, 1.807) is 19.2 Å². The third kappa shape index (κ3) is 4.86. The highest BCUT2D eigenvalue weighted by Gasteiger charge is 2.10. The number of thioether (sulfide) groups is 1. The van der Waals surface area contributed by atoms with Crippen molar-refractivity contribution in [2.45, 2.75) is 26.1 Å². The van der Waals surface area contributed by atoms with E-state index in [0.717, 1.165) is 22.6 Å². The van der Waals surface area contributed by atoms with Crippen LogP contribution in [0.5, 0.6) is 0 Å². The molecule has 128 valence electrons. The SMILES string of the molecule is CNC(=O)c1ccc(CNC(=O)CSCc2c(C)noc2C)cc1. The molecule has 0 unspecified atom stereocenters. The van der Waals surface area contributed by atoms with E-state index in [1.165, 1.54) is 11.8 Å². The predicted octanol–water partition coefficient (Wildman–Crippen LogP) is 2.20. The highest BCUT2D eigenvalue weighted by atomic mass is 32.2. The van der Waals surface area contributed by atoms with Gasteiger partial charge in [0, 0.05) is 30.5 Å². The van der Waals surface area contributed by atoms with Crippen molar-refractivity contribution in [2.75, 3.05) is 12.8 Å². The Bertz CT molecular complexity index is 691. The van der Waals surface area contributed by atoms with Crippen molar-refractivity contribution in [3.63, 3.8) is 0 Å². The molecular weight excluding hydrogens is 326 g/mol. The number of benzene rings is 1. The lowest BCUT2D eigenvalue weighted by atomic mass is 10.1. The van der Waals surface area contributed by atoms with Crippen molar-refractivity contribution in [3.05, 3.63) is 52.4 Å². The van der Waals surface area contributed by atoms with Gasteiger partial charge in [-0.3, -0.25) is 9.59 Å². The van der Waals surface area contributed by atoms with Gasteiger partial charge in [0.1, 0.15) is 5.76 Å². The summed E-state index contributed by atoms with van der Waals surface area (Å²) in [6.07, 6.45) is 0. The molecule has 0 saturated heterocycles. The number of carbonyl (C=O) groups is 2. The number of carbonyl (C=O) groups excluding carboxylic acids is 2. The molecule has 0 radical (unpaired) electrons. The fraction of sp³-hybridized carbons (Fsp3) is 0.353. The summed E-state index contributed by atoms with van der Waals surface area (Å²) in [5.74, 6) is 1.73. The summed E-state index contributed by atoms with van der Waals surface area (Å²) in [5, 5.41) is 9.34. The van der Waals surface area contributed by atoms with Crippen molar-refractivity contribution in [2.24, 2.45) is 0 Å². The van der Waals surface area contributed by atoms with Gasteiger partial charge in [-0.2, -0.15) is 0 Å². The summed E-state index contributed by atoms with van der Waals surface area (Å²) in [6, 6.07) is 7.16. The molecule has 24 heavy (non-hydrogen) atoms. The summed E-state index contributed by atoms with van der Waals surface area (Å²) in [4.78, 5) is 23.4. The smallest absolute Gasteiger partial charge is 0.251 e. The van der Waals surface area contributed by atoms with Crippen molar-refractivity contribution in [1.29, 1.82) is 0 Å². The van der Waals surface area contributed by atoms with Crippen LogP contribution >= 0.6 is 11.8 Å². The summed E-state index contributed by atoms with van der Waals surface area (Å²) in [6.45, 7) is 4.21. The van der Waals surface area contributed by atoms with Crippen molar-refractivity contribution >= 4 is 23.6 Å². The minimum atomic E-state index is -0.124. The minimum absolute atomic E-state index is 0.0258. The van der Waals surface area contributed by atoms with Gasteiger partial charge in [0.05, 0.1) is 11.4 Å². The molecule has 0 aliphatic carbocycles. The Balaban J connectivity index is 1.74. The zero-order valence-corrected chi connectivity index (χ0v) is 14.8. The van der Waals surface area contributed by atoms with Crippen LogP contribution in [0.2, 0.25) is 0 Å². The third-order valence-corrected chi connectivity index (χ3v) is 4.55. The van der Waals surface area contributed by atoms with Gasteiger partial charge in [0.25, 0.3) is 5.91 Å². The Morgan fingerprint density at radius 3 is 2.50 bits per heavy atom. The van der Waals surface area contributed by atoms with Gasteiger partial charge in [0.2, 0.25) is 5.91 Å². The lowest BCUT2D eigenvalue weighted by Gasteiger charge is -2.06. The van der Waals surface area contributed by atoms with Crippen LogP contribution in [-0.2, 0) is 17.1 Å². The quantitative estimate of drug-likeness (QED) is 0.802. The number of hydrogen-bond acceptors (Lipinski definition) is 5. The topological polar surface area (TPSA) is 84.2 Å². The van der Waals surface area contributed by atoms with Crippen LogP contribution in [0.3, 0.4) is 0 Å². The van der Waals surface area contributed by atoms with E-state index in [2.05, 4.69) is 15.8 Å². The molecular formula is C17H21N3O3S. The molecule has 6 nitrogen and oxygen atoms in total. The maximum atomic E-state index is 11.9. The molecule has 0 bridgehead atoms. The normalized spacial score (nSPS) is 10.5. The minimum Gasteiger partial charge on any atom is -0.361 e. The summed E-state index contributed by atoms with van der Waals surface area (Å²) in [7, 11) is 1.59. The third-order valence-electron chi connectivity index (χ3n) is 3.59. The van der Waals surface area contributed by atoms with E-state index < -0.39 is 0 Å². The van der Waals surface area contributed by atoms with Gasteiger partial charge >= 0.3 is 0 Å². The number of amides is 2. The Hall–Kier alpha value is -2.28. The maximum absolute atomic E-state index is 11.9. The second-order valence-electron chi connectivity index (χ2n) is 5.35. The average Bonchev–Trinajstić information content (AvgIpc) is 2.91. The number of nitrogens with zero attached hydrogens (tertiary/aromatic N) is 1. The van der Waals surface area contributed by atoms with Crippen LogP contribution in [0.1, 0.15) is 32.9 Å². The molecule has 2 amide bonds.